The summed E-state index contributed by atoms with van der Waals surface area (Å²) in [6.07, 6.45) is 4.95. The van der Waals surface area contributed by atoms with E-state index >= 15 is 0 Å². The van der Waals surface area contributed by atoms with E-state index in [1.807, 2.05) is 11.4 Å². The van der Waals surface area contributed by atoms with Crippen molar-refractivity contribution in [2.75, 3.05) is 0 Å². The van der Waals surface area contributed by atoms with Crippen LogP contribution in [-0.4, -0.2) is 15.8 Å². The Morgan fingerprint density at radius 3 is 2.93 bits per heavy atom. The molecule has 0 atom stereocenters. The molecule has 76 valence electrons. The third kappa shape index (κ3) is 2.70. The summed E-state index contributed by atoms with van der Waals surface area (Å²) in [5.41, 5.74) is 0.419. The van der Waals surface area contributed by atoms with Crippen LogP contribution < -0.4 is 0 Å². The first-order valence-corrected chi connectivity index (χ1v) is 5.95. The number of Topliss-reactive ketones (excluding diaryl/α,β-unsaturated/α-hetero) is 1. The molecule has 3 nitrogen and oxygen atoms in total. The summed E-state index contributed by atoms with van der Waals surface area (Å²) in [6, 6.07) is 1.94. The molecular weight excluding hydrogens is 276 g/mol. The first-order valence-electron chi connectivity index (χ1n) is 4.28. The maximum Gasteiger partial charge on any atom is 0.187 e. The van der Waals surface area contributed by atoms with Crippen molar-refractivity contribution in [2.24, 2.45) is 0 Å². The lowest BCUT2D eigenvalue weighted by atomic mass is 10.2. The van der Waals surface area contributed by atoms with Gasteiger partial charge in [0.15, 0.2) is 5.78 Å². The van der Waals surface area contributed by atoms with E-state index in [4.69, 9.17) is 0 Å². The SMILES string of the molecule is O=C(Cc1cc(Br)cs1)c1cnccn1. The zero-order chi connectivity index (χ0) is 10.7. The van der Waals surface area contributed by atoms with Gasteiger partial charge in [-0.1, -0.05) is 0 Å². The molecule has 0 aromatic carbocycles. The van der Waals surface area contributed by atoms with Crippen molar-refractivity contribution in [1.82, 2.24) is 9.97 Å². The average molecular weight is 283 g/mol. The third-order valence-electron chi connectivity index (χ3n) is 1.81. The second-order valence-electron chi connectivity index (χ2n) is 2.92. The molecule has 2 heterocycles. The Morgan fingerprint density at radius 2 is 2.33 bits per heavy atom. The highest BCUT2D eigenvalue weighted by atomic mass is 79.9. The Balaban J connectivity index is 2.11. The Morgan fingerprint density at radius 1 is 1.47 bits per heavy atom. The van der Waals surface area contributed by atoms with Crippen LogP contribution >= 0.6 is 27.3 Å². The second-order valence-corrected chi connectivity index (χ2v) is 4.83. The molecule has 0 saturated heterocycles. The maximum absolute atomic E-state index is 11.7. The standard InChI is InChI=1S/C10H7BrN2OS/c11-7-3-8(15-6-7)4-10(14)9-5-12-1-2-13-9/h1-3,5-6H,4H2. The number of rotatable bonds is 3. The van der Waals surface area contributed by atoms with Gasteiger partial charge in [0.25, 0.3) is 0 Å². The quantitative estimate of drug-likeness (QED) is 0.813. The number of thiophene rings is 1. The number of carbonyl (C=O) groups is 1. The smallest absolute Gasteiger partial charge is 0.187 e. The van der Waals surface area contributed by atoms with E-state index < -0.39 is 0 Å². The van der Waals surface area contributed by atoms with E-state index in [-0.39, 0.29) is 5.78 Å². The van der Waals surface area contributed by atoms with Crippen molar-refractivity contribution < 1.29 is 4.79 Å². The molecule has 0 aliphatic rings. The zero-order valence-corrected chi connectivity index (χ0v) is 10.1. The fraction of sp³-hybridized carbons (Fsp3) is 0.100. The molecule has 2 rings (SSSR count). The fourth-order valence-electron chi connectivity index (χ4n) is 1.14. The monoisotopic (exact) mass is 282 g/mol. The van der Waals surface area contributed by atoms with Gasteiger partial charge in [0.2, 0.25) is 0 Å². The van der Waals surface area contributed by atoms with E-state index in [9.17, 15) is 4.79 Å². The molecule has 5 heteroatoms. The first kappa shape index (κ1) is 10.4. The second kappa shape index (κ2) is 4.63. The van der Waals surface area contributed by atoms with Crippen LogP contribution in [0.1, 0.15) is 15.4 Å². The van der Waals surface area contributed by atoms with Crippen LogP contribution in [0.4, 0.5) is 0 Å². The average Bonchev–Trinajstić information content (AvgIpc) is 2.65. The zero-order valence-electron chi connectivity index (χ0n) is 7.68. The molecule has 2 aromatic rings. The number of hydrogen-bond acceptors (Lipinski definition) is 4. The van der Waals surface area contributed by atoms with Gasteiger partial charge in [-0.3, -0.25) is 9.78 Å². The molecule has 0 aliphatic carbocycles. The predicted octanol–water partition coefficient (Wildman–Crippen LogP) is 2.73. The highest BCUT2D eigenvalue weighted by Crippen LogP contribution is 2.20. The van der Waals surface area contributed by atoms with Crippen LogP contribution in [0.3, 0.4) is 0 Å². The number of carbonyl (C=O) groups excluding carboxylic acids is 1. The lowest BCUT2D eigenvalue weighted by Crippen LogP contribution is -2.04. The van der Waals surface area contributed by atoms with E-state index in [0.29, 0.717) is 12.1 Å². The molecule has 0 radical (unpaired) electrons. The number of aromatic nitrogens is 2. The minimum Gasteiger partial charge on any atom is -0.292 e. The van der Waals surface area contributed by atoms with Crippen LogP contribution in [-0.2, 0) is 6.42 Å². The number of hydrogen-bond donors (Lipinski definition) is 0. The topological polar surface area (TPSA) is 42.9 Å². The normalized spacial score (nSPS) is 10.2. The summed E-state index contributed by atoms with van der Waals surface area (Å²) in [5.74, 6) is -0.00236. The molecule has 0 bridgehead atoms. The maximum atomic E-state index is 11.7. The van der Waals surface area contributed by atoms with Gasteiger partial charge in [0, 0.05) is 33.5 Å². The van der Waals surface area contributed by atoms with E-state index in [0.717, 1.165) is 9.35 Å². The minimum atomic E-state index is -0.00236. The van der Waals surface area contributed by atoms with Crippen molar-refractivity contribution in [2.45, 2.75) is 6.42 Å². The molecule has 0 spiro atoms. The Labute approximate surface area is 99.3 Å². The number of nitrogens with zero attached hydrogens (tertiary/aromatic N) is 2. The molecule has 0 aliphatic heterocycles. The van der Waals surface area contributed by atoms with Crippen molar-refractivity contribution in [3.63, 3.8) is 0 Å². The highest BCUT2D eigenvalue weighted by molar-refractivity contribution is 9.10. The van der Waals surface area contributed by atoms with Gasteiger partial charge in [-0.05, 0) is 22.0 Å². The Hall–Kier alpha value is -1.07. The Bertz CT molecular complexity index is 469. The molecule has 2 aromatic heterocycles. The van der Waals surface area contributed by atoms with Gasteiger partial charge in [-0.2, -0.15) is 0 Å². The van der Waals surface area contributed by atoms with E-state index in [1.165, 1.54) is 12.4 Å². The third-order valence-corrected chi connectivity index (χ3v) is 3.50. The van der Waals surface area contributed by atoms with Crippen LogP contribution in [0, 0.1) is 0 Å². The minimum absolute atomic E-state index is 0.00236. The summed E-state index contributed by atoms with van der Waals surface area (Å²) < 4.78 is 1.01. The van der Waals surface area contributed by atoms with Gasteiger partial charge >= 0.3 is 0 Å². The molecule has 0 fully saturated rings. The van der Waals surface area contributed by atoms with Gasteiger partial charge in [0.1, 0.15) is 5.69 Å². The fourth-order valence-corrected chi connectivity index (χ4v) is 2.59. The summed E-state index contributed by atoms with van der Waals surface area (Å²) in [4.78, 5) is 20.6. The van der Waals surface area contributed by atoms with Gasteiger partial charge in [-0.25, -0.2) is 4.98 Å². The van der Waals surface area contributed by atoms with Crippen LogP contribution in [0.15, 0.2) is 34.5 Å². The number of ketones is 1. The van der Waals surface area contributed by atoms with E-state index in [1.54, 1.807) is 17.5 Å². The predicted molar refractivity (Wildman–Crippen MR) is 62.1 cm³/mol. The molecular formula is C10H7BrN2OS. The van der Waals surface area contributed by atoms with Crippen LogP contribution in [0.5, 0.6) is 0 Å². The van der Waals surface area contributed by atoms with E-state index in [2.05, 4.69) is 25.9 Å². The van der Waals surface area contributed by atoms with Crippen molar-refractivity contribution in [3.8, 4) is 0 Å². The first-order chi connectivity index (χ1) is 7.25. The summed E-state index contributed by atoms with van der Waals surface area (Å²) >= 11 is 4.91. The highest BCUT2D eigenvalue weighted by Gasteiger charge is 2.09. The van der Waals surface area contributed by atoms with Crippen molar-refractivity contribution >= 4 is 33.0 Å². The molecule has 0 unspecified atom stereocenters. The van der Waals surface area contributed by atoms with Gasteiger partial charge in [0.05, 0.1) is 6.20 Å². The summed E-state index contributed by atoms with van der Waals surface area (Å²) in [7, 11) is 0. The molecule has 0 saturated carbocycles. The van der Waals surface area contributed by atoms with Crippen molar-refractivity contribution in [1.29, 1.82) is 0 Å². The molecule has 0 N–H and O–H groups in total. The van der Waals surface area contributed by atoms with Gasteiger partial charge < -0.3 is 0 Å². The number of halogens is 1. The van der Waals surface area contributed by atoms with Crippen molar-refractivity contribution in [3.05, 3.63) is 45.1 Å². The lowest BCUT2D eigenvalue weighted by Gasteiger charge is -1.96. The van der Waals surface area contributed by atoms with Crippen LogP contribution in [0.25, 0.3) is 0 Å². The van der Waals surface area contributed by atoms with Crippen LogP contribution in [0.2, 0.25) is 0 Å². The summed E-state index contributed by atoms with van der Waals surface area (Å²) in [6.45, 7) is 0. The largest absolute Gasteiger partial charge is 0.292 e. The lowest BCUT2D eigenvalue weighted by molar-refractivity contribution is 0.0988. The van der Waals surface area contributed by atoms with Gasteiger partial charge in [-0.15, -0.1) is 11.3 Å². The Kier molecular flexibility index (Phi) is 3.23. The summed E-state index contributed by atoms with van der Waals surface area (Å²) in [5, 5.41) is 1.96. The molecule has 0 amide bonds. The molecule has 15 heavy (non-hydrogen) atoms.